The van der Waals surface area contributed by atoms with E-state index in [2.05, 4.69) is 0 Å². The summed E-state index contributed by atoms with van der Waals surface area (Å²) in [7, 11) is 0. The van der Waals surface area contributed by atoms with E-state index >= 15 is 0 Å². The molecular formula is C11H20O4. The average Bonchev–Trinajstić information content (AvgIpc) is 2.13. The van der Waals surface area contributed by atoms with Crippen LogP contribution in [0.1, 0.15) is 34.1 Å². The Morgan fingerprint density at radius 3 is 2.13 bits per heavy atom. The smallest absolute Gasteiger partial charge is 0.313 e. The van der Waals surface area contributed by atoms with Crippen molar-refractivity contribution in [3.63, 3.8) is 0 Å². The minimum Gasteiger partial charge on any atom is -0.466 e. The Labute approximate surface area is 90.9 Å². The van der Waals surface area contributed by atoms with Crippen LogP contribution < -0.4 is 0 Å². The fourth-order valence-electron chi connectivity index (χ4n) is 1.29. The van der Waals surface area contributed by atoms with Gasteiger partial charge in [-0.1, -0.05) is 13.8 Å². The fourth-order valence-corrected chi connectivity index (χ4v) is 1.29. The van der Waals surface area contributed by atoms with E-state index in [-0.39, 0.29) is 18.1 Å². The van der Waals surface area contributed by atoms with Crippen LogP contribution in [-0.2, 0) is 19.1 Å². The molecule has 0 radical (unpaired) electrons. The molecule has 0 aromatic carbocycles. The Morgan fingerprint density at radius 2 is 1.73 bits per heavy atom. The molecule has 0 aliphatic rings. The highest BCUT2D eigenvalue weighted by Gasteiger charge is 2.24. The van der Waals surface area contributed by atoms with Gasteiger partial charge in [0, 0.05) is 6.61 Å². The quantitative estimate of drug-likeness (QED) is 0.479. The summed E-state index contributed by atoms with van der Waals surface area (Å²) < 4.78 is 9.99. The number of ketones is 1. The minimum absolute atomic E-state index is 0.0758. The molecule has 0 spiro atoms. The SMILES string of the molecule is CCOC(=O)CC(=O)C(OCC)C(C)C. The van der Waals surface area contributed by atoms with Crippen LogP contribution >= 0.6 is 0 Å². The van der Waals surface area contributed by atoms with Crippen molar-refractivity contribution in [2.75, 3.05) is 13.2 Å². The Hall–Kier alpha value is -0.900. The molecule has 15 heavy (non-hydrogen) atoms. The highest BCUT2D eigenvalue weighted by Crippen LogP contribution is 2.10. The fraction of sp³-hybridized carbons (Fsp3) is 0.818. The third-order valence-corrected chi connectivity index (χ3v) is 1.89. The van der Waals surface area contributed by atoms with Crippen molar-refractivity contribution in [3.05, 3.63) is 0 Å². The molecule has 0 rings (SSSR count). The molecule has 0 aliphatic carbocycles. The maximum atomic E-state index is 11.6. The lowest BCUT2D eigenvalue weighted by atomic mass is 10.0. The average molecular weight is 216 g/mol. The lowest BCUT2D eigenvalue weighted by Crippen LogP contribution is -2.31. The first kappa shape index (κ1) is 14.1. The highest BCUT2D eigenvalue weighted by molar-refractivity contribution is 5.98. The molecular weight excluding hydrogens is 196 g/mol. The summed E-state index contributed by atoms with van der Waals surface area (Å²) in [6.07, 6.45) is -0.698. The zero-order valence-electron chi connectivity index (χ0n) is 9.91. The van der Waals surface area contributed by atoms with Gasteiger partial charge in [-0.15, -0.1) is 0 Å². The van der Waals surface area contributed by atoms with Gasteiger partial charge in [0.2, 0.25) is 0 Å². The number of rotatable bonds is 7. The zero-order chi connectivity index (χ0) is 11.8. The van der Waals surface area contributed by atoms with Crippen LogP contribution in [0.15, 0.2) is 0 Å². The summed E-state index contributed by atoms with van der Waals surface area (Å²) in [6.45, 7) is 8.09. The largest absolute Gasteiger partial charge is 0.466 e. The van der Waals surface area contributed by atoms with Crippen molar-refractivity contribution in [3.8, 4) is 0 Å². The summed E-state index contributed by atoms with van der Waals surface area (Å²) in [4.78, 5) is 22.7. The van der Waals surface area contributed by atoms with Crippen LogP contribution in [-0.4, -0.2) is 31.1 Å². The van der Waals surface area contributed by atoms with Gasteiger partial charge >= 0.3 is 5.97 Å². The monoisotopic (exact) mass is 216 g/mol. The molecule has 4 nitrogen and oxygen atoms in total. The molecule has 0 saturated carbocycles. The van der Waals surface area contributed by atoms with Gasteiger partial charge in [0.05, 0.1) is 6.61 Å². The molecule has 0 aromatic heterocycles. The molecule has 1 unspecified atom stereocenters. The molecule has 88 valence electrons. The molecule has 1 atom stereocenters. The number of hydrogen-bond acceptors (Lipinski definition) is 4. The van der Waals surface area contributed by atoms with E-state index in [4.69, 9.17) is 9.47 Å². The summed E-state index contributed by atoms with van der Waals surface area (Å²) in [6, 6.07) is 0. The van der Waals surface area contributed by atoms with Crippen molar-refractivity contribution in [1.82, 2.24) is 0 Å². The Bertz CT molecular complexity index is 211. The van der Waals surface area contributed by atoms with Gasteiger partial charge in [-0.05, 0) is 19.8 Å². The van der Waals surface area contributed by atoms with E-state index in [0.29, 0.717) is 13.2 Å². The second-order valence-corrected chi connectivity index (χ2v) is 3.57. The first-order valence-electron chi connectivity index (χ1n) is 5.32. The molecule has 0 saturated heterocycles. The lowest BCUT2D eigenvalue weighted by Gasteiger charge is -2.18. The van der Waals surface area contributed by atoms with Gasteiger partial charge in [-0.3, -0.25) is 9.59 Å². The van der Waals surface area contributed by atoms with E-state index in [1.807, 2.05) is 20.8 Å². The summed E-state index contributed by atoms with van der Waals surface area (Å²) in [5, 5.41) is 0. The first-order valence-corrected chi connectivity index (χ1v) is 5.32. The molecule has 0 amide bonds. The summed E-state index contributed by atoms with van der Waals surface area (Å²) >= 11 is 0. The van der Waals surface area contributed by atoms with Crippen LogP contribution in [0.3, 0.4) is 0 Å². The number of ether oxygens (including phenoxy) is 2. The number of Topliss-reactive ketones (excluding diaryl/α,β-unsaturated/α-hetero) is 1. The molecule has 0 aromatic rings. The Balaban J connectivity index is 4.19. The Morgan fingerprint density at radius 1 is 1.13 bits per heavy atom. The standard InChI is InChI=1S/C11H20O4/c1-5-14-10(13)7-9(12)11(8(3)4)15-6-2/h8,11H,5-7H2,1-4H3. The number of hydrogen-bond donors (Lipinski definition) is 0. The van der Waals surface area contributed by atoms with Gasteiger partial charge < -0.3 is 9.47 Å². The number of carbonyl (C=O) groups excluding carboxylic acids is 2. The van der Waals surface area contributed by atoms with Crippen molar-refractivity contribution in [2.45, 2.75) is 40.2 Å². The van der Waals surface area contributed by atoms with Crippen molar-refractivity contribution < 1.29 is 19.1 Å². The second-order valence-electron chi connectivity index (χ2n) is 3.57. The maximum Gasteiger partial charge on any atom is 0.313 e. The van der Waals surface area contributed by atoms with E-state index in [1.54, 1.807) is 6.92 Å². The van der Waals surface area contributed by atoms with E-state index in [9.17, 15) is 9.59 Å². The van der Waals surface area contributed by atoms with Crippen LogP contribution in [0.2, 0.25) is 0 Å². The van der Waals surface area contributed by atoms with Crippen LogP contribution in [0.5, 0.6) is 0 Å². The maximum absolute atomic E-state index is 11.6. The van der Waals surface area contributed by atoms with Crippen LogP contribution in [0.4, 0.5) is 0 Å². The summed E-state index contributed by atoms with van der Waals surface area (Å²) in [5.74, 6) is -0.606. The predicted molar refractivity (Wildman–Crippen MR) is 56.5 cm³/mol. The number of carbonyl (C=O) groups is 2. The van der Waals surface area contributed by atoms with Gasteiger partial charge in [0.25, 0.3) is 0 Å². The lowest BCUT2D eigenvalue weighted by molar-refractivity contribution is -0.149. The molecule has 0 bridgehead atoms. The van der Waals surface area contributed by atoms with E-state index in [0.717, 1.165) is 0 Å². The minimum atomic E-state index is -0.501. The van der Waals surface area contributed by atoms with Crippen LogP contribution in [0, 0.1) is 5.92 Å². The molecule has 0 aliphatic heterocycles. The first-order chi connectivity index (χ1) is 7.02. The zero-order valence-corrected chi connectivity index (χ0v) is 9.91. The van der Waals surface area contributed by atoms with Gasteiger partial charge in [0.15, 0.2) is 5.78 Å². The van der Waals surface area contributed by atoms with Gasteiger partial charge in [-0.25, -0.2) is 0 Å². The summed E-state index contributed by atoms with van der Waals surface area (Å²) in [5.41, 5.74) is 0. The molecule has 0 N–H and O–H groups in total. The van der Waals surface area contributed by atoms with Crippen molar-refractivity contribution in [1.29, 1.82) is 0 Å². The molecule has 0 heterocycles. The van der Waals surface area contributed by atoms with Crippen LogP contribution in [0.25, 0.3) is 0 Å². The third-order valence-electron chi connectivity index (χ3n) is 1.89. The van der Waals surface area contributed by atoms with Crippen molar-refractivity contribution >= 4 is 11.8 Å². The topological polar surface area (TPSA) is 52.6 Å². The predicted octanol–water partition coefficient (Wildman–Crippen LogP) is 1.57. The highest BCUT2D eigenvalue weighted by atomic mass is 16.5. The van der Waals surface area contributed by atoms with Gasteiger partial charge in [-0.2, -0.15) is 0 Å². The van der Waals surface area contributed by atoms with E-state index < -0.39 is 12.1 Å². The Kier molecular flexibility index (Phi) is 6.96. The van der Waals surface area contributed by atoms with E-state index in [1.165, 1.54) is 0 Å². The molecule has 4 heteroatoms. The number of esters is 1. The third kappa shape index (κ3) is 5.52. The van der Waals surface area contributed by atoms with Crippen molar-refractivity contribution in [2.24, 2.45) is 5.92 Å². The normalized spacial score (nSPS) is 12.6. The molecule has 0 fully saturated rings. The second kappa shape index (κ2) is 7.40. The van der Waals surface area contributed by atoms with Gasteiger partial charge in [0.1, 0.15) is 12.5 Å².